The van der Waals surface area contributed by atoms with Crippen molar-refractivity contribution in [2.24, 2.45) is 5.73 Å². The Morgan fingerprint density at radius 2 is 1.79 bits per heavy atom. The van der Waals surface area contributed by atoms with E-state index in [1.165, 1.54) is 24.8 Å². The maximum absolute atomic E-state index is 12.5. The number of benzene rings is 1. The summed E-state index contributed by atoms with van der Waals surface area (Å²) in [4.78, 5) is 26.3. The van der Waals surface area contributed by atoms with Crippen molar-refractivity contribution in [1.82, 2.24) is 15.5 Å². The maximum Gasteiger partial charge on any atom is 0.315 e. The lowest BCUT2D eigenvalue weighted by Gasteiger charge is -2.22. The SMILES string of the molecule is Cl.N[C@@H]1CN(C(=O)CCCNC(=O)NC2CCCCC2)C[C@H]1c1ccccc1. The molecule has 1 saturated heterocycles. The first-order valence-electron chi connectivity index (χ1n) is 10.3. The summed E-state index contributed by atoms with van der Waals surface area (Å²) in [5.41, 5.74) is 7.46. The first kappa shape index (κ1) is 22.5. The molecule has 156 valence electrons. The summed E-state index contributed by atoms with van der Waals surface area (Å²) in [5.74, 6) is 0.327. The van der Waals surface area contributed by atoms with Gasteiger partial charge in [-0.05, 0) is 24.8 Å². The van der Waals surface area contributed by atoms with Crippen LogP contribution in [-0.4, -0.2) is 48.6 Å². The summed E-state index contributed by atoms with van der Waals surface area (Å²) in [7, 11) is 0. The largest absolute Gasteiger partial charge is 0.340 e. The van der Waals surface area contributed by atoms with Gasteiger partial charge in [0.2, 0.25) is 5.91 Å². The highest BCUT2D eigenvalue weighted by atomic mass is 35.5. The number of amides is 3. The molecule has 7 heteroatoms. The van der Waals surface area contributed by atoms with E-state index < -0.39 is 0 Å². The highest BCUT2D eigenvalue weighted by Crippen LogP contribution is 2.26. The molecule has 28 heavy (non-hydrogen) atoms. The molecule has 2 fully saturated rings. The average Bonchev–Trinajstić information content (AvgIpc) is 3.08. The minimum atomic E-state index is -0.110. The lowest BCUT2D eigenvalue weighted by Crippen LogP contribution is -2.43. The molecule has 1 aromatic carbocycles. The Labute approximate surface area is 174 Å². The van der Waals surface area contributed by atoms with Crippen LogP contribution in [0.15, 0.2) is 30.3 Å². The molecule has 4 N–H and O–H groups in total. The second kappa shape index (κ2) is 11.3. The first-order chi connectivity index (χ1) is 13.1. The third-order valence-electron chi connectivity index (χ3n) is 5.74. The van der Waals surface area contributed by atoms with Crippen molar-refractivity contribution in [2.75, 3.05) is 19.6 Å². The van der Waals surface area contributed by atoms with E-state index in [2.05, 4.69) is 22.8 Å². The van der Waals surface area contributed by atoms with Crippen LogP contribution in [0.3, 0.4) is 0 Å². The number of hydrogen-bond donors (Lipinski definition) is 3. The monoisotopic (exact) mass is 408 g/mol. The van der Waals surface area contributed by atoms with Gasteiger partial charge < -0.3 is 21.3 Å². The molecular formula is C21H33ClN4O2. The van der Waals surface area contributed by atoms with Crippen LogP contribution < -0.4 is 16.4 Å². The molecule has 1 aliphatic carbocycles. The van der Waals surface area contributed by atoms with Crippen LogP contribution in [0.2, 0.25) is 0 Å². The van der Waals surface area contributed by atoms with E-state index in [4.69, 9.17) is 5.73 Å². The van der Waals surface area contributed by atoms with Crippen molar-refractivity contribution in [1.29, 1.82) is 0 Å². The van der Waals surface area contributed by atoms with Gasteiger partial charge in [0.25, 0.3) is 0 Å². The molecule has 0 radical (unpaired) electrons. The van der Waals surface area contributed by atoms with Crippen molar-refractivity contribution in [3.63, 3.8) is 0 Å². The van der Waals surface area contributed by atoms with E-state index in [1.807, 2.05) is 23.1 Å². The molecule has 3 rings (SSSR count). The van der Waals surface area contributed by atoms with E-state index in [0.717, 1.165) is 12.8 Å². The highest BCUT2D eigenvalue weighted by molar-refractivity contribution is 5.85. The number of likely N-dealkylation sites (tertiary alicyclic amines) is 1. The molecule has 0 unspecified atom stereocenters. The molecule has 0 aromatic heterocycles. The number of urea groups is 1. The van der Waals surface area contributed by atoms with Gasteiger partial charge in [-0.2, -0.15) is 0 Å². The van der Waals surface area contributed by atoms with Gasteiger partial charge >= 0.3 is 6.03 Å². The lowest BCUT2D eigenvalue weighted by molar-refractivity contribution is -0.130. The Bertz CT molecular complexity index is 622. The Kier molecular flexibility index (Phi) is 9.06. The molecule has 1 saturated carbocycles. The summed E-state index contributed by atoms with van der Waals surface area (Å²) in [6, 6.07) is 10.3. The van der Waals surface area contributed by atoms with Crippen LogP contribution in [0.4, 0.5) is 4.79 Å². The van der Waals surface area contributed by atoms with Crippen molar-refractivity contribution < 1.29 is 9.59 Å². The summed E-state index contributed by atoms with van der Waals surface area (Å²) in [5, 5.41) is 5.90. The standard InChI is InChI=1S/C21H32N4O2.ClH/c22-19-15-25(14-18(19)16-8-3-1-4-9-16)20(26)12-7-13-23-21(27)24-17-10-5-2-6-11-17;/h1,3-4,8-9,17-19H,2,5-7,10-15,22H2,(H2,23,24,27);1H/t18-,19+;/m0./s1. The minimum absolute atomic E-state index is 0. The topological polar surface area (TPSA) is 87.5 Å². The Balaban J connectivity index is 0.00000280. The molecule has 2 aliphatic rings. The summed E-state index contributed by atoms with van der Waals surface area (Å²) in [6.07, 6.45) is 6.90. The molecule has 1 heterocycles. The second-order valence-electron chi connectivity index (χ2n) is 7.82. The molecule has 2 atom stereocenters. The van der Waals surface area contributed by atoms with E-state index in [1.54, 1.807) is 0 Å². The number of nitrogens with one attached hydrogen (secondary N) is 2. The fraction of sp³-hybridized carbons (Fsp3) is 0.619. The third kappa shape index (κ3) is 6.38. The number of carbonyl (C=O) groups excluding carboxylic acids is 2. The Hall–Kier alpha value is -1.79. The van der Waals surface area contributed by atoms with Crippen LogP contribution in [0, 0.1) is 0 Å². The number of rotatable bonds is 6. The van der Waals surface area contributed by atoms with Crippen molar-refractivity contribution in [3.8, 4) is 0 Å². The van der Waals surface area contributed by atoms with Crippen LogP contribution in [-0.2, 0) is 4.79 Å². The van der Waals surface area contributed by atoms with Crippen LogP contribution >= 0.6 is 12.4 Å². The van der Waals surface area contributed by atoms with E-state index in [-0.39, 0.29) is 36.3 Å². The number of halogens is 1. The van der Waals surface area contributed by atoms with Gasteiger partial charge in [0.1, 0.15) is 0 Å². The molecule has 1 aromatic rings. The zero-order valence-electron chi connectivity index (χ0n) is 16.4. The van der Waals surface area contributed by atoms with Crippen molar-refractivity contribution in [2.45, 2.75) is 62.9 Å². The van der Waals surface area contributed by atoms with Crippen molar-refractivity contribution in [3.05, 3.63) is 35.9 Å². The number of nitrogens with zero attached hydrogens (tertiary/aromatic N) is 1. The molecule has 0 spiro atoms. The molecule has 0 bridgehead atoms. The number of carbonyl (C=O) groups is 2. The fourth-order valence-corrected chi connectivity index (χ4v) is 4.17. The van der Waals surface area contributed by atoms with Gasteiger partial charge in [0.15, 0.2) is 0 Å². The summed E-state index contributed by atoms with van der Waals surface area (Å²) < 4.78 is 0. The average molecular weight is 409 g/mol. The van der Waals surface area contributed by atoms with Gasteiger partial charge in [-0.15, -0.1) is 12.4 Å². The Morgan fingerprint density at radius 1 is 1.07 bits per heavy atom. The first-order valence-corrected chi connectivity index (χ1v) is 10.3. The van der Waals surface area contributed by atoms with Crippen LogP contribution in [0.25, 0.3) is 0 Å². The maximum atomic E-state index is 12.5. The third-order valence-corrected chi connectivity index (χ3v) is 5.74. The van der Waals surface area contributed by atoms with Crippen LogP contribution in [0.5, 0.6) is 0 Å². The van der Waals surface area contributed by atoms with E-state index in [9.17, 15) is 9.59 Å². The predicted molar refractivity (Wildman–Crippen MR) is 114 cm³/mol. The fourth-order valence-electron chi connectivity index (χ4n) is 4.17. The zero-order chi connectivity index (χ0) is 19.1. The Morgan fingerprint density at radius 3 is 2.50 bits per heavy atom. The van der Waals surface area contributed by atoms with Crippen molar-refractivity contribution >= 4 is 24.3 Å². The predicted octanol–water partition coefficient (Wildman–Crippen LogP) is 2.77. The van der Waals surface area contributed by atoms with Gasteiger partial charge in [0.05, 0.1) is 0 Å². The number of nitrogens with two attached hydrogens (primary N) is 1. The molecule has 1 aliphatic heterocycles. The normalized spacial score (nSPS) is 22.4. The van der Waals surface area contributed by atoms with Gasteiger partial charge in [-0.25, -0.2) is 4.79 Å². The van der Waals surface area contributed by atoms with E-state index in [0.29, 0.717) is 38.5 Å². The minimum Gasteiger partial charge on any atom is -0.340 e. The highest BCUT2D eigenvalue weighted by Gasteiger charge is 2.33. The van der Waals surface area contributed by atoms with Crippen LogP contribution in [0.1, 0.15) is 56.4 Å². The molecule has 3 amide bonds. The van der Waals surface area contributed by atoms with Gasteiger partial charge in [-0.1, -0.05) is 49.6 Å². The van der Waals surface area contributed by atoms with E-state index >= 15 is 0 Å². The molecular weight excluding hydrogens is 376 g/mol. The van der Waals surface area contributed by atoms with Gasteiger partial charge in [-0.3, -0.25) is 4.79 Å². The smallest absolute Gasteiger partial charge is 0.315 e. The lowest BCUT2D eigenvalue weighted by atomic mass is 9.95. The summed E-state index contributed by atoms with van der Waals surface area (Å²) in [6.45, 7) is 1.81. The molecule has 6 nitrogen and oxygen atoms in total. The number of hydrogen-bond acceptors (Lipinski definition) is 3. The quantitative estimate of drug-likeness (QED) is 0.632. The van der Waals surface area contributed by atoms with Gasteiger partial charge in [0, 0.05) is 44.1 Å². The zero-order valence-corrected chi connectivity index (χ0v) is 17.3. The summed E-state index contributed by atoms with van der Waals surface area (Å²) >= 11 is 0. The second-order valence-corrected chi connectivity index (χ2v) is 7.82.